The predicted molar refractivity (Wildman–Crippen MR) is 96.5 cm³/mol. The molecule has 1 amide bonds. The number of nitrogens with one attached hydrogen (secondary N) is 1. The molecule has 4 heteroatoms. The van der Waals surface area contributed by atoms with Crippen LogP contribution in [0.25, 0.3) is 22.1 Å². The Kier molecular flexibility index (Phi) is 3.81. The van der Waals surface area contributed by atoms with Gasteiger partial charge in [-0.25, -0.2) is 0 Å². The zero-order chi connectivity index (χ0) is 16.7. The number of amides is 1. The molecule has 0 saturated heterocycles. The lowest BCUT2D eigenvalue weighted by molar-refractivity contribution is 0.0892. The summed E-state index contributed by atoms with van der Waals surface area (Å²) in [4.78, 5) is 12.6. The van der Waals surface area contributed by atoms with E-state index in [9.17, 15) is 4.79 Å². The van der Waals surface area contributed by atoms with Gasteiger partial charge in [-0.3, -0.25) is 4.79 Å². The van der Waals surface area contributed by atoms with Gasteiger partial charge in [0, 0.05) is 27.4 Å². The molecule has 1 aliphatic carbocycles. The molecule has 0 atom stereocenters. The highest BCUT2D eigenvalue weighted by Gasteiger charge is 2.25. The molecular formula is C20H18ClNO2. The normalized spacial score (nSPS) is 14.6. The van der Waals surface area contributed by atoms with E-state index < -0.39 is 0 Å². The number of aryl methyl sites for hydroxylation is 1. The molecular weight excluding hydrogens is 322 g/mol. The first-order chi connectivity index (χ1) is 11.6. The van der Waals surface area contributed by atoms with Gasteiger partial charge < -0.3 is 9.73 Å². The Labute approximate surface area is 145 Å². The monoisotopic (exact) mass is 339 g/mol. The van der Waals surface area contributed by atoms with Crippen LogP contribution >= 0.6 is 11.6 Å². The van der Waals surface area contributed by atoms with E-state index in [4.69, 9.17) is 16.0 Å². The average molecular weight is 340 g/mol. The summed E-state index contributed by atoms with van der Waals surface area (Å²) in [6.07, 6.45) is 3.28. The lowest BCUT2D eigenvalue weighted by Gasteiger charge is -2.25. The maximum absolute atomic E-state index is 12.6. The van der Waals surface area contributed by atoms with Crippen LogP contribution in [0.15, 0.2) is 46.9 Å². The molecule has 1 saturated carbocycles. The minimum absolute atomic E-state index is 0.131. The second kappa shape index (κ2) is 5.99. The molecule has 2 aromatic carbocycles. The summed E-state index contributed by atoms with van der Waals surface area (Å²) in [5.74, 6) is 0.972. The van der Waals surface area contributed by atoms with Gasteiger partial charge >= 0.3 is 0 Å². The van der Waals surface area contributed by atoms with Crippen LogP contribution in [0.5, 0.6) is 0 Å². The van der Waals surface area contributed by atoms with E-state index in [-0.39, 0.29) is 11.9 Å². The fraction of sp³-hybridized carbons (Fsp3) is 0.250. The van der Waals surface area contributed by atoms with Gasteiger partial charge in [-0.2, -0.15) is 0 Å². The zero-order valence-corrected chi connectivity index (χ0v) is 14.2. The summed E-state index contributed by atoms with van der Waals surface area (Å²) in [5.41, 5.74) is 2.04. The molecule has 3 aromatic rings. The molecule has 1 heterocycles. The summed E-state index contributed by atoms with van der Waals surface area (Å²) in [6, 6.07) is 13.8. The Morgan fingerprint density at radius 2 is 1.88 bits per heavy atom. The third kappa shape index (κ3) is 2.69. The van der Waals surface area contributed by atoms with Crippen molar-refractivity contribution in [2.45, 2.75) is 32.2 Å². The van der Waals surface area contributed by atoms with Gasteiger partial charge in [0.15, 0.2) is 5.76 Å². The fourth-order valence-electron chi connectivity index (χ4n) is 3.04. The van der Waals surface area contributed by atoms with Gasteiger partial charge in [-0.15, -0.1) is 0 Å². The van der Waals surface area contributed by atoms with Crippen LogP contribution < -0.4 is 5.32 Å². The number of hydrogen-bond acceptors (Lipinski definition) is 2. The van der Waals surface area contributed by atoms with Crippen molar-refractivity contribution < 1.29 is 9.21 Å². The SMILES string of the molecule is Cc1ccc2c(C(=O)NC3CCC3)oc(-c3ccc(Cl)cc3)c2c1. The molecule has 1 aromatic heterocycles. The first-order valence-electron chi connectivity index (χ1n) is 8.22. The Morgan fingerprint density at radius 3 is 2.54 bits per heavy atom. The average Bonchev–Trinajstić information content (AvgIpc) is 2.90. The molecule has 24 heavy (non-hydrogen) atoms. The van der Waals surface area contributed by atoms with Gasteiger partial charge in [0.05, 0.1) is 0 Å². The maximum Gasteiger partial charge on any atom is 0.287 e. The first-order valence-corrected chi connectivity index (χ1v) is 8.59. The summed E-state index contributed by atoms with van der Waals surface area (Å²) in [7, 11) is 0. The molecule has 122 valence electrons. The molecule has 0 spiro atoms. The van der Waals surface area contributed by atoms with E-state index in [0.717, 1.165) is 34.7 Å². The Morgan fingerprint density at radius 1 is 1.12 bits per heavy atom. The number of carbonyl (C=O) groups is 1. The molecule has 3 nitrogen and oxygen atoms in total. The fourth-order valence-corrected chi connectivity index (χ4v) is 3.17. The number of carbonyl (C=O) groups excluding carboxylic acids is 1. The van der Waals surface area contributed by atoms with E-state index >= 15 is 0 Å². The smallest absolute Gasteiger partial charge is 0.287 e. The van der Waals surface area contributed by atoms with Crippen molar-refractivity contribution in [3.63, 3.8) is 0 Å². The summed E-state index contributed by atoms with van der Waals surface area (Å²) in [5, 5.41) is 5.54. The number of fused-ring (bicyclic) bond motifs is 1. The number of furan rings is 1. The van der Waals surface area contributed by atoms with Crippen molar-refractivity contribution in [3.8, 4) is 11.3 Å². The van der Waals surface area contributed by atoms with Crippen molar-refractivity contribution in [2.75, 3.05) is 0 Å². The third-order valence-corrected chi connectivity index (χ3v) is 4.87. The lowest BCUT2D eigenvalue weighted by atomic mass is 9.93. The van der Waals surface area contributed by atoms with Crippen LogP contribution in [0, 0.1) is 6.92 Å². The Balaban J connectivity index is 1.82. The summed E-state index contributed by atoms with van der Waals surface area (Å²) in [6.45, 7) is 2.03. The highest BCUT2D eigenvalue weighted by molar-refractivity contribution is 6.30. The Bertz CT molecular complexity index is 907. The van der Waals surface area contributed by atoms with E-state index in [2.05, 4.69) is 11.4 Å². The number of hydrogen-bond donors (Lipinski definition) is 1. The molecule has 1 N–H and O–H groups in total. The van der Waals surface area contributed by atoms with Crippen molar-refractivity contribution in [3.05, 3.63) is 58.8 Å². The second-order valence-electron chi connectivity index (χ2n) is 6.42. The van der Waals surface area contributed by atoms with Crippen LogP contribution in [0.3, 0.4) is 0 Å². The number of benzene rings is 2. The van der Waals surface area contributed by atoms with Gasteiger partial charge in [-0.1, -0.05) is 29.3 Å². The zero-order valence-electron chi connectivity index (χ0n) is 13.4. The van der Waals surface area contributed by atoms with Crippen LogP contribution in [-0.2, 0) is 0 Å². The van der Waals surface area contributed by atoms with Crippen molar-refractivity contribution >= 4 is 28.3 Å². The highest BCUT2D eigenvalue weighted by atomic mass is 35.5. The van der Waals surface area contributed by atoms with Crippen molar-refractivity contribution in [1.82, 2.24) is 5.32 Å². The Hall–Kier alpha value is -2.26. The summed E-state index contributed by atoms with van der Waals surface area (Å²) < 4.78 is 6.02. The van der Waals surface area contributed by atoms with E-state index in [1.807, 2.05) is 43.3 Å². The van der Waals surface area contributed by atoms with Crippen LogP contribution in [0.4, 0.5) is 0 Å². The summed E-state index contributed by atoms with van der Waals surface area (Å²) >= 11 is 5.98. The molecule has 0 radical (unpaired) electrons. The minimum Gasteiger partial charge on any atom is -0.450 e. The van der Waals surface area contributed by atoms with E-state index in [1.165, 1.54) is 6.42 Å². The topological polar surface area (TPSA) is 42.2 Å². The maximum atomic E-state index is 12.6. The highest BCUT2D eigenvalue weighted by Crippen LogP contribution is 2.35. The molecule has 0 aliphatic heterocycles. The molecule has 4 rings (SSSR count). The van der Waals surface area contributed by atoms with Gasteiger partial charge in [0.2, 0.25) is 0 Å². The van der Waals surface area contributed by atoms with Crippen molar-refractivity contribution in [2.24, 2.45) is 0 Å². The lowest BCUT2D eigenvalue weighted by Crippen LogP contribution is -2.39. The molecule has 0 unspecified atom stereocenters. The standard InChI is InChI=1S/C20H18ClNO2/c1-12-5-10-16-17(11-12)18(13-6-8-14(21)9-7-13)24-19(16)20(23)22-15-3-2-4-15/h5-11,15H,2-4H2,1H3,(H,22,23). The van der Waals surface area contributed by atoms with Crippen molar-refractivity contribution in [1.29, 1.82) is 0 Å². The first kappa shape index (κ1) is 15.3. The van der Waals surface area contributed by atoms with Gasteiger partial charge in [-0.05, 0) is 56.5 Å². The largest absolute Gasteiger partial charge is 0.450 e. The van der Waals surface area contributed by atoms with Gasteiger partial charge in [0.1, 0.15) is 5.76 Å². The molecule has 1 aliphatic rings. The van der Waals surface area contributed by atoms with Crippen LogP contribution in [0.1, 0.15) is 35.4 Å². The molecule has 0 bridgehead atoms. The predicted octanol–water partition coefficient (Wildman–Crippen LogP) is 5.34. The van der Waals surface area contributed by atoms with Crippen LogP contribution in [-0.4, -0.2) is 11.9 Å². The third-order valence-electron chi connectivity index (χ3n) is 4.62. The van der Waals surface area contributed by atoms with Gasteiger partial charge in [0.25, 0.3) is 5.91 Å². The quantitative estimate of drug-likeness (QED) is 0.699. The van der Waals surface area contributed by atoms with E-state index in [0.29, 0.717) is 16.5 Å². The minimum atomic E-state index is -0.131. The van der Waals surface area contributed by atoms with Crippen LogP contribution in [0.2, 0.25) is 5.02 Å². The van der Waals surface area contributed by atoms with E-state index in [1.54, 1.807) is 0 Å². The number of halogens is 1. The molecule has 1 fully saturated rings. The second-order valence-corrected chi connectivity index (χ2v) is 6.85. The number of rotatable bonds is 3.